The van der Waals surface area contributed by atoms with Crippen molar-refractivity contribution in [1.29, 1.82) is 0 Å². The third-order valence-electron chi connectivity index (χ3n) is 3.52. The van der Waals surface area contributed by atoms with E-state index >= 15 is 0 Å². The second kappa shape index (κ2) is 5.23. The molecule has 1 N–H and O–H groups in total. The lowest BCUT2D eigenvalue weighted by molar-refractivity contribution is -0.137. The highest BCUT2D eigenvalue weighted by molar-refractivity contribution is 5.68. The molecule has 1 aromatic carbocycles. The molecular formula is C14H15F3O2. The van der Waals surface area contributed by atoms with Crippen LogP contribution < -0.4 is 0 Å². The Bertz CT molecular complexity index is 496. The number of hydrogen-bond acceptors (Lipinski definition) is 1. The van der Waals surface area contributed by atoms with Crippen LogP contribution in [0.4, 0.5) is 13.2 Å². The number of rotatable bonds is 5. The largest absolute Gasteiger partial charge is 0.481 e. The molecule has 0 saturated heterocycles. The molecule has 19 heavy (non-hydrogen) atoms. The molecule has 2 atom stereocenters. The SMILES string of the molecule is CC(F)c1cc(F)c(F)c(C(CC(=O)O)C2CC2)c1. The van der Waals surface area contributed by atoms with E-state index in [2.05, 4.69) is 0 Å². The average Bonchev–Trinajstić information content (AvgIpc) is 3.13. The van der Waals surface area contributed by atoms with Crippen LogP contribution in [0.15, 0.2) is 12.1 Å². The monoisotopic (exact) mass is 272 g/mol. The molecule has 1 aromatic rings. The van der Waals surface area contributed by atoms with Crippen LogP contribution in [0.5, 0.6) is 0 Å². The fourth-order valence-electron chi connectivity index (χ4n) is 2.35. The van der Waals surface area contributed by atoms with E-state index in [9.17, 15) is 18.0 Å². The Balaban J connectivity index is 2.42. The Morgan fingerprint density at radius 2 is 2.05 bits per heavy atom. The predicted octanol–water partition coefficient (Wildman–Crippen LogP) is 3.96. The predicted molar refractivity (Wildman–Crippen MR) is 63.6 cm³/mol. The molecular weight excluding hydrogens is 257 g/mol. The van der Waals surface area contributed by atoms with Gasteiger partial charge in [0, 0.05) is 5.92 Å². The summed E-state index contributed by atoms with van der Waals surface area (Å²) in [6.07, 6.45) is -0.0768. The van der Waals surface area contributed by atoms with E-state index < -0.39 is 29.7 Å². The Hall–Kier alpha value is -1.52. The fraction of sp³-hybridized carbons (Fsp3) is 0.500. The van der Waals surface area contributed by atoms with Crippen LogP contribution in [0, 0.1) is 17.6 Å². The number of carbonyl (C=O) groups is 1. The third kappa shape index (κ3) is 3.08. The minimum Gasteiger partial charge on any atom is -0.481 e. The van der Waals surface area contributed by atoms with Gasteiger partial charge in [-0.15, -0.1) is 0 Å². The summed E-state index contributed by atoms with van der Waals surface area (Å²) in [5, 5.41) is 8.87. The molecule has 0 aliphatic heterocycles. The van der Waals surface area contributed by atoms with E-state index in [0.29, 0.717) is 0 Å². The van der Waals surface area contributed by atoms with Crippen molar-refractivity contribution >= 4 is 5.97 Å². The second-order valence-electron chi connectivity index (χ2n) is 5.06. The van der Waals surface area contributed by atoms with Crippen molar-refractivity contribution in [1.82, 2.24) is 0 Å². The Kier molecular flexibility index (Phi) is 3.83. The average molecular weight is 272 g/mol. The maximum absolute atomic E-state index is 13.8. The van der Waals surface area contributed by atoms with Crippen molar-refractivity contribution in [3.8, 4) is 0 Å². The number of aliphatic carboxylic acids is 1. The first-order chi connectivity index (χ1) is 8.90. The van der Waals surface area contributed by atoms with Crippen LogP contribution in [0.25, 0.3) is 0 Å². The smallest absolute Gasteiger partial charge is 0.303 e. The molecule has 0 heterocycles. The van der Waals surface area contributed by atoms with Gasteiger partial charge in [-0.25, -0.2) is 13.2 Å². The highest BCUT2D eigenvalue weighted by Gasteiger charge is 2.36. The van der Waals surface area contributed by atoms with Gasteiger partial charge in [0.25, 0.3) is 0 Å². The standard InChI is InChI=1S/C14H15F3O2/c1-7(15)9-4-11(14(17)12(16)5-9)10(6-13(18)19)8-2-3-8/h4-5,7-8,10H,2-3,6H2,1H3,(H,18,19). The van der Waals surface area contributed by atoms with E-state index in [1.807, 2.05) is 0 Å². The Morgan fingerprint density at radius 3 is 2.53 bits per heavy atom. The van der Waals surface area contributed by atoms with Crippen LogP contribution in [0.3, 0.4) is 0 Å². The van der Waals surface area contributed by atoms with Gasteiger partial charge in [0.2, 0.25) is 0 Å². The van der Waals surface area contributed by atoms with Crippen molar-refractivity contribution in [3.05, 3.63) is 34.9 Å². The molecule has 0 radical (unpaired) electrons. The number of carboxylic acid groups (broad SMARTS) is 1. The van der Waals surface area contributed by atoms with Crippen molar-refractivity contribution in [3.63, 3.8) is 0 Å². The van der Waals surface area contributed by atoms with E-state index in [0.717, 1.165) is 18.9 Å². The fourth-order valence-corrected chi connectivity index (χ4v) is 2.35. The van der Waals surface area contributed by atoms with E-state index in [1.54, 1.807) is 0 Å². The molecule has 104 valence electrons. The zero-order chi connectivity index (χ0) is 14.2. The Labute approximate surface area is 109 Å². The van der Waals surface area contributed by atoms with Crippen LogP contribution in [-0.4, -0.2) is 11.1 Å². The molecule has 1 saturated carbocycles. The topological polar surface area (TPSA) is 37.3 Å². The first-order valence-electron chi connectivity index (χ1n) is 6.24. The molecule has 1 aliphatic rings. The molecule has 2 nitrogen and oxygen atoms in total. The molecule has 2 unspecified atom stereocenters. The quantitative estimate of drug-likeness (QED) is 0.880. The zero-order valence-electron chi connectivity index (χ0n) is 10.5. The molecule has 1 fully saturated rings. The number of benzene rings is 1. The summed E-state index contributed by atoms with van der Waals surface area (Å²) in [6.45, 7) is 1.24. The molecule has 5 heteroatoms. The van der Waals surface area contributed by atoms with Gasteiger partial charge in [-0.3, -0.25) is 4.79 Å². The number of halogens is 3. The molecule has 0 amide bonds. The molecule has 2 rings (SSSR count). The number of carboxylic acids is 1. The lowest BCUT2D eigenvalue weighted by Gasteiger charge is -2.17. The molecule has 0 aromatic heterocycles. The Morgan fingerprint density at radius 1 is 1.42 bits per heavy atom. The lowest BCUT2D eigenvalue weighted by Crippen LogP contribution is -2.12. The maximum Gasteiger partial charge on any atom is 0.303 e. The second-order valence-corrected chi connectivity index (χ2v) is 5.06. The van der Waals surface area contributed by atoms with Crippen molar-refractivity contribution < 1.29 is 23.1 Å². The summed E-state index contributed by atoms with van der Waals surface area (Å²) in [5.74, 6) is -3.76. The highest BCUT2D eigenvalue weighted by Crippen LogP contribution is 2.46. The summed E-state index contributed by atoms with van der Waals surface area (Å²) >= 11 is 0. The minimum absolute atomic E-state index is 0.00981. The minimum atomic E-state index is -1.42. The molecule has 0 bridgehead atoms. The van der Waals surface area contributed by atoms with Gasteiger partial charge in [-0.1, -0.05) is 0 Å². The van der Waals surface area contributed by atoms with Crippen molar-refractivity contribution in [2.75, 3.05) is 0 Å². The van der Waals surface area contributed by atoms with E-state index in [-0.39, 0.29) is 23.5 Å². The van der Waals surface area contributed by atoms with Crippen molar-refractivity contribution in [2.24, 2.45) is 5.92 Å². The van der Waals surface area contributed by atoms with Gasteiger partial charge in [-0.05, 0) is 48.9 Å². The summed E-state index contributed by atoms with van der Waals surface area (Å²) in [7, 11) is 0. The van der Waals surface area contributed by atoms with Crippen LogP contribution in [0.1, 0.15) is 49.4 Å². The van der Waals surface area contributed by atoms with Gasteiger partial charge < -0.3 is 5.11 Å². The number of alkyl halides is 1. The van der Waals surface area contributed by atoms with Crippen LogP contribution in [0.2, 0.25) is 0 Å². The zero-order valence-corrected chi connectivity index (χ0v) is 10.5. The summed E-state index contributed by atoms with van der Waals surface area (Å²) in [6, 6.07) is 2.09. The number of hydrogen-bond donors (Lipinski definition) is 1. The maximum atomic E-state index is 13.8. The van der Waals surface area contributed by atoms with E-state index in [1.165, 1.54) is 13.0 Å². The lowest BCUT2D eigenvalue weighted by atomic mass is 9.89. The van der Waals surface area contributed by atoms with Gasteiger partial charge in [0.1, 0.15) is 6.17 Å². The molecule has 0 spiro atoms. The first-order valence-corrected chi connectivity index (χ1v) is 6.24. The summed E-state index contributed by atoms with van der Waals surface area (Å²) in [4.78, 5) is 10.8. The van der Waals surface area contributed by atoms with Crippen LogP contribution >= 0.6 is 0 Å². The normalized spacial score (nSPS) is 18.1. The highest BCUT2D eigenvalue weighted by atomic mass is 19.2. The van der Waals surface area contributed by atoms with Gasteiger partial charge in [0.15, 0.2) is 11.6 Å². The van der Waals surface area contributed by atoms with E-state index in [4.69, 9.17) is 5.11 Å². The summed E-state index contributed by atoms with van der Waals surface area (Å²) in [5.41, 5.74) is 0.0364. The van der Waals surface area contributed by atoms with Gasteiger partial charge in [-0.2, -0.15) is 0 Å². The van der Waals surface area contributed by atoms with Crippen molar-refractivity contribution in [2.45, 2.75) is 38.3 Å². The van der Waals surface area contributed by atoms with Crippen LogP contribution in [-0.2, 0) is 4.79 Å². The third-order valence-corrected chi connectivity index (χ3v) is 3.52. The molecule has 1 aliphatic carbocycles. The summed E-state index contributed by atoms with van der Waals surface area (Å²) < 4.78 is 40.6. The van der Waals surface area contributed by atoms with Gasteiger partial charge in [0.05, 0.1) is 6.42 Å². The first kappa shape index (κ1) is 13.9. The van der Waals surface area contributed by atoms with Gasteiger partial charge >= 0.3 is 5.97 Å².